The number of allylic oxidation sites excluding steroid dienone is 2. The van der Waals surface area contributed by atoms with Crippen LogP contribution in [0.2, 0.25) is 0 Å². The fourth-order valence-corrected chi connectivity index (χ4v) is 6.15. The smallest absolute Gasteiger partial charge is 0.305 e. The number of phosphoric ester groups is 1. The Bertz CT molecular complexity index is 772. The first-order valence-electron chi connectivity index (χ1n) is 19.4. The molecular formula is C38H76NO7P. The van der Waals surface area contributed by atoms with E-state index >= 15 is 0 Å². The number of unbranched alkanes of at least 4 members (excludes halogenated alkanes) is 23. The molecule has 0 bridgehead atoms. The minimum Gasteiger partial charge on any atom is -0.756 e. The summed E-state index contributed by atoms with van der Waals surface area (Å²) in [7, 11) is 1.26. The summed E-state index contributed by atoms with van der Waals surface area (Å²) >= 11 is 0. The molecule has 280 valence electrons. The molecule has 0 aliphatic carbocycles. The van der Waals surface area contributed by atoms with Gasteiger partial charge in [-0.25, -0.2) is 0 Å². The van der Waals surface area contributed by atoms with E-state index in [1.54, 1.807) is 0 Å². The van der Waals surface area contributed by atoms with Gasteiger partial charge in [-0.15, -0.1) is 0 Å². The van der Waals surface area contributed by atoms with Gasteiger partial charge in [0.05, 0.1) is 27.7 Å². The normalized spacial score (nSPS) is 14.1. The van der Waals surface area contributed by atoms with Gasteiger partial charge < -0.3 is 28.3 Å². The van der Waals surface area contributed by atoms with E-state index in [0.717, 1.165) is 19.3 Å². The second kappa shape index (κ2) is 32.4. The first kappa shape index (κ1) is 46.2. The molecule has 0 radical (unpaired) electrons. The number of carbonyl (C=O) groups excluding carboxylic acids is 1. The highest BCUT2D eigenvalue weighted by Gasteiger charge is 2.16. The Morgan fingerprint density at radius 2 is 1.06 bits per heavy atom. The Balaban J connectivity index is 3.38. The van der Waals surface area contributed by atoms with Gasteiger partial charge in [0.1, 0.15) is 25.9 Å². The third-order valence-electron chi connectivity index (χ3n) is 8.52. The lowest BCUT2D eigenvalue weighted by atomic mass is 10.0. The molecule has 2 unspecified atom stereocenters. The predicted molar refractivity (Wildman–Crippen MR) is 194 cm³/mol. The summed E-state index contributed by atoms with van der Waals surface area (Å²) < 4.78 is 26.8. The van der Waals surface area contributed by atoms with Gasteiger partial charge in [0.2, 0.25) is 0 Å². The molecule has 0 spiro atoms. The number of likely N-dealkylation sites (N-methyl/N-ethyl adjacent to an activating group) is 1. The van der Waals surface area contributed by atoms with E-state index in [9.17, 15) is 19.4 Å². The van der Waals surface area contributed by atoms with Crippen molar-refractivity contribution in [3.8, 4) is 0 Å². The Hall–Kier alpha value is -0.760. The monoisotopic (exact) mass is 690 g/mol. The second-order valence-corrected chi connectivity index (χ2v) is 15.9. The van der Waals surface area contributed by atoms with Crippen LogP contribution in [-0.4, -0.2) is 69.2 Å². The number of hydrogen-bond donors (Lipinski definition) is 1. The van der Waals surface area contributed by atoms with Crippen molar-refractivity contribution in [2.75, 3.05) is 47.5 Å². The van der Waals surface area contributed by atoms with Crippen molar-refractivity contribution >= 4 is 13.8 Å². The molecule has 0 rings (SSSR count). The molecule has 9 heteroatoms. The molecule has 0 aromatic heterocycles. The minimum atomic E-state index is -4.50. The Kier molecular flexibility index (Phi) is 31.9. The fourth-order valence-electron chi connectivity index (χ4n) is 5.41. The molecule has 0 heterocycles. The molecule has 0 saturated heterocycles. The Morgan fingerprint density at radius 3 is 1.49 bits per heavy atom. The van der Waals surface area contributed by atoms with E-state index < -0.39 is 20.5 Å². The lowest BCUT2D eigenvalue weighted by Crippen LogP contribution is -2.37. The number of quaternary nitrogens is 1. The van der Waals surface area contributed by atoms with E-state index in [1.807, 2.05) is 21.1 Å². The molecule has 1 N–H and O–H groups in total. The average Bonchev–Trinajstić information content (AvgIpc) is 3.01. The first-order chi connectivity index (χ1) is 22.6. The number of phosphoric acid groups is 1. The molecule has 2 atom stereocenters. The van der Waals surface area contributed by atoms with Crippen molar-refractivity contribution in [1.82, 2.24) is 0 Å². The second-order valence-electron chi connectivity index (χ2n) is 14.5. The van der Waals surface area contributed by atoms with Crippen LogP contribution in [0.5, 0.6) is 0 Å². The number of nitrogens with zero attached hydrogens (tertiary/aromatic N) is 1. The molecule has 0 aromatic rings. The van der Waals surface area contributed by atoms with E-state index in [0.29, 0.717) is 17.4 Å². The Labute approximate surface area is 290 Å². The van der Waals surface area contributed by atoms with Crippen molar-refractivity contribution in [2.45, 2.75) is 180 Å². The molecule has 0 aromatic carbocycles. The van der Waals surface area contributed by atoms with Crippen LogP contribution in [0.25, 0.3) is 0 Å². The van der Waals surface area contributed by atoms with Crippen LogP contribution in [-0.2, 0) is 23.1 Å². The van der Waals surface area contributed by atoms with Crippen molar-refractivity contribution < 1.29 is 37.6 Å². The number of aliphatic hydroxyl groups is 1. The lowest BCUT2D eigenvalue weighted by Gasteiger charge is -2.27. The summed E-state index contributed by atoms with van der Waals surface area (Å²) in [4.78, 5) is 23.7. The molecule has 0 amide bonds. The van der Waals surface area contributed by atoms with E-state index in [1.165, 1.54) is 141 Å². The van der Waals surface area contributed by atoms with Crippen LogP contribution in [0.1, 0.15) is 174 Å². The summed E-state index contributed by atoms with van der Waals surface area (Å²) in [5.74, 6) is -0.384. The zero-order valence-corrected chi connectivity index (χ0v) is 32.1. The number of carbonyl (C=O) groups is 1. The van der Waals surface area contributed by atoms with Crippen LogP contribution in [0.3, 0.4) is 0 Å². The van der Waals surface area contributed by atoms with Crippen LogP contribution in [0.4, 0.5) is 0 Å². The SMILES string of the molecule is CCCCCCCCCC/C=C\CCCCCCCCCCCCCCCCCC(=O)OCC(O)COP(=O)([O-])OCC[N+](C)(C)C. The Morgan fingerprint density at radius 1 is 0.660 bits per heavy atom. The highest BCUT2D eigenvalue weighted by molar-refractivity contribution is 7.45. The molecule has 0 saturated carbocycles. The maximum atomic E-state index is 11.9. The van der Waals surface area contributed by atoms with E-state index in [2.05, 4.69) is 23.6 Å². The fraction of sp³-hybridized carbons (Fsp3) is 0.921. The van der Waals surface area contributed by atoms with E-state index in [4.69, 9.17) is 9.26 Å². The van der Waals surface area contributed by atoms with Gasteiger partial charge >= 0.3 is 5.97 Å². The lowest BCUT2D eigenvalue weighted by molar-refractivity contribution is -0.870. The summed E-state index contributed by atoms with van der Waals surface area (Å²) in [6, 6.07) is 0. The summed E-state index contributed by atoms with van der Waals surface area (Å²) in [6.07, 6.45) is 36.6. The van der Waals surface area contributed by atoms with Crippen LogP contribution >= 0.6 is 7.82 Å². The topological polar surface area (TPSA) is 105 Å². The van der Waals surface area contributed by atoms with Crippen LogP contribution < -0.4 is 4.89 Å². The highest BCUT2D eigenvalue weighted by atomic mass is 31.2. The van der Waals surface area contributed by atoms with Crippen molar-refractivity contribution in [3.63, 3.8) is 0 Å². The van der Waals surface area contributed by atoms with Gasteiger partial charge in [-0.2, -0.15) is 0 Å². The average molecular weight is 690 g/mol. The van der Waals surface area contributed by atoms with Gasteiger partial charge in [-0.3, -0.25) is 9.36 Å². The summed E-state index contributed by atoms with van der Waals surface area (Å²) in [5.41, 5.74) is 0. The highest BCUT2D eigenvalue weighted by Crippen LogP contribution is 2.38. The van der Waals surface area contributed by atoms with Crippen molar-refractivity contribution in [3.05, 3.63) is 12.2 Å². The largest absolute Gasteiger partial charge is 0.756 e. The van der Waals surface area contributed by atoms with Gasteiger partial charge in [-0.1, -0.05) is 147 Å². The molecule has 0 fully saturated rings. The molecule has 0 aliphatic rings. The zero-order chi connectivity index (χ0) is 34.9. The molecule has 0 aliphatic heterocycles. The zero-order valence-electron chi connectivity index (χ0n) is 31.2. The molecule has 8 nitrogen and oxygen atoms in total. The summed E-state index contributed by atoms with van der Waals surface area (Å²) in [5, 5.41) is 9.87. The van der Waals surface area contributed by atoms with Gasteiger partial charge in [0.25, 0.3) is 7.82 Å². The quantitative estimate of drug-likeness (QED) is 0.0230. The van der Waals surface area contributed by atoms with Crippen molar-refractivity contribution in [2.24, 2.45) is 0 Å². The number of aliphatic hydroxyl groups excluding tert-OH is 1. The summed E-state index contributed by atoms with van der Waals surface area (Å²) in [6.45, 7) is 1.97. The van der Waals surface area contributed by atoms with Crippen molar-refractivity contribution in [1.29, 1.82) is 0 Å². The van der Waals surface area contributed by atoms with Crippen LogP contribution in [0, 0.1) is 0 Å². The molecular weight excluding hydrogens is 613 g/mol. The van der Waals surface area contributed by atoms with Gasteiger partial charge in [-0.05, 0) is 32.1 Å². The van der Waals surface area contributed by atoms with Gasteiger partial charge in [0.15, 0.2) is 0 Å². The van der Waals surface area contributed by atoms with Crippen LogP contribution in [0.15, 0.2) is 12.2 Å². The maximum Gasteiger partial charge on any atom is 0.305 e. The molecule has 47 heavy (non-hydrogen) atoms. The third-order valence-corrected chi connectivity index (χ3v) is 9.48. The van der Waals surface area contributed by atoms with E-state index in [-0.39, 0.29) is 19.2 Å². The predicted octanol–water partition coefficient (Wildman–Crippen LogP) is 9.82. The van der Waals surface area contributed by atoms with Gasteiger partial charge in [0, 0.05) is 6.42 Å². The first-order valence-corrected chi connectivity index (χ1v) is 20.9. The standard InChI is InChI=1S/C38H76NO7P/c1-5-6-7-8-9-10-11-12-13-14-15-16-17-18-19-20-21-22-23-24-25-26-27-28-29-30-31-32-38(41)44-35-37(40)36-46-47(42,43)45-34-33-39(2,3)4/h14-15,37,40H,5-13,16-36H2,1-4H3/b15-14-. The number of esters is 1. The maximum absolute atomic E-state index is 11.9. The number of ether oxygens (including phenoxy) is 1. The number of rotatable bonds is 36. The minimum absolute atomic E-state index is 0.00627. The number of hydrogen-bond acceptors (Lipinski definition) is 7. The third kappa shape index (κ3) is 37.9.